The summed E-state index contributed by atoms with van der Waals surface area (Å²) in [7, 11) is 0. The Labute approximate surface area is 239 Å². The van der Waals surface area contributed by atoms with Gasteiger partial charge in [0.2, 0.25) is 17.1 Å². The number of fused-ring (bicyclic) bond motifs is 3. The number of thiophene rings is 1. The van der Waals surface area contributed by atoms with E-state index in [9.17, 15) is 0 Å². The van der Waals surface area contributed by atoms with E-state index in [2.05, 4.69) is 152 Å². The second-order valence-electron chi connectivity index (χ2n) is 11.1. The third-order valence-electron chi connectivity index (χ3n) is 8.30. The van der Waals surface area contributed by atoms with E-state index in [1.54, 1.807) is 11.3 Å². The smallest absolute Gasteiger partial charge is 0.229 e. The van der Waals surface area contributed by atoms with Crippen molar-refractivity contribution in [1.29, 1.82) is 0 Å². The number of rotatable bonds is 4. The molecule has 0 unspecified atom stereocenters. The van der Waals surface area contributed by atoms with Crippen LogP contribution < -0.4 is 9.13 Å². The Hall–Kier alpha value is -4.41. The highest BCUT2D eigenvalue weighted by Gasteiger charge is 2.40. The standard InChI is InChI=1S/C36H31N3S/c1-24-10-5-7-12-32(24)38-17-15-26(16-18-38)31-21-29-28(22-37-31)27-20-34(35-14-9-19-40-35)39(23-30(27)36(29,3)4)33-13-8-6-11-25(33)2/h5-23H,1-4H3/q+2. The minimum atomic E-state index is -0.156. The Morgan fingerprint density at radius 3 is 2.10 bits per heavy atom. The average Bonchev–Trinajstić information content (AvgIpc) is 3.58. The first kappa shape index (κ1) is 24.6. The van der Waals surface area contributed by atoms with E-state index in [0.29, 0.717) is 0 Å². The lowest BCUT2D eigenvalue weighted by atomic mass is 9.83. The molecule has 4 heteroatoms. The molecule has 0 amide bonds. The number of aromatic nitrogens is 3. The summed E-state index contributed by atoms with van der Waals surface area (Å²) < 4.78 is 4.55. The first-order chi connectivity index (χ1) is 19.4. The highest BCUT2D eigenvalue weighted by atomic mass is 32.1. The molecule has 0 radical (unpaired) electrons. The van der Waals surface area contributed by atoms with Crippen molar-refractivity contribution in [1.82, 2.24) is 4.98 Å². The zero-order valence-corrected chi connectivity index (χ0v) is 24.0. The van der Waals surface area contributed by atoms with Crippen LogP contribution in [-0.2, 0) is 5.41 Å². The lowest BCUT2D eigenvalue weighted by molar-refractivity contribution is -0.596. The van der Waals surface area contributed by atoms with E-state index < -0.39 is 0 Å². The van der Waals surface area contributed by atoms with Crippen molar-refractivity contribution in [3.63, 3.8) is 0 Å². The quantitative estimate of drug-likeness (QED) is 0.209. The Kier molecular flexibility index (Phi) is 5.76. The molecule has 4 aromatic heterocycles. The molecular weight excluding hydrogens is 506 g/mol. The van der Waals surface area contributed by atoms with Gasteiger partial charge in [0.15, 0.2) is 18.6 Å². The highest BCUT2D eigenvalue weighted by molar-refractivity contribution is 7.13. The van der Waals surface area contributed by atoms with Gasteiger partial charge in [0.1, 0.15) is 0 Å². The van der Waals surface area contributed by atoms with Gasteiger partial charge < -0.3 is 0 Å². The Balaban J connectivity index is 1.34. The number of pyridine rings is 3. The third kappa shape index (κ3) is 3.90. The Morgan fingerprint density at radius 2 is 1.43 bits per heavy atom. The lowest BCUT2D eigenvalue weighted by Crippen LogP contribution is -2.36. The van der Waals surface area contributed by atoms with Crippen LogP contribution in [0.5, 0.6) is 0 Å². The number of hydrogen-bond donors (Lipinski definition) is 0. The fraction of sp³-hybridized carbons (Fsp3) is 0.139. The summed E-state index contributed by atoms with van der Waals surface area (Å²) in [5.74, 6) is 0. The number of aryl methyl sites for hydroxylation is 2. The predicted molar refractivity (Wildman–Crippen MR) is 163 cm³/mol. The van der Waals surface area contributed by atoms with Gasteiger partial charge in [-0.2, -0.15) is 9.13 Å². The van der Waals surface area contributed by atoms with Gasteiger partial charge in [0.25, 0.3) is 0 Å². The van der Waals surface area contributed by atoms with E-state index in [1.165, 1.54) is 55.3 Å². The fourth-order valence-electron chi connectivity index (χ4n) is 6.02. The zero-order valence-electron chi connectivity index (χ0n) is 23.2. The topological polar surface area (TPSA) is 20.6 Å². The maximum Gasteiger partial charge on any atom is 0.229 e. The van der Waals surface area contributed by atoms with Crippen LogP contribution in [0.2, 0.25) is 0 Å². The van der Waals surface area contributed by atoms with Gasteiger partial charge in [-0.1, -0.05) is 56.3 Å². The van der Waals surface area contributed by atoms with Crippen LogP contribution >= 0.6 is 11.3 Å². The van der Waals surface area contributed by atoms with Crippen LogP contribution in [0, 0.1) is 13.8 Å². The molecule has 6 aromatic rings. The summed E-state index contributed by atoms with van der Waals surface area (Å²) in [6.07, 6.45) is 8.70. The molecule has 0 spiro atoms. The van der Waals surface area contributed by atoms with E-state index in [4.69, 9.17) is 4.98 Å². The molecule has 0 N–H and O–H groups in total. The van der Waals surface area contributed by atoms with Gasteiger partial charge in [-0.05, 0) is 36.9 Å². The van der Waals surface area contributed by atoms with Gasteiger partial charge in [0.05, 0.1) is 10.6 Å². The second kappa shape index (κ2) is 9.35. The van der Waals surface area contributed by atoms with Crippen LogP contribution in [0.25, 0.3) is 44.3 Å². The van der Waals surface area contributed by atoms with Crippen LogP contribution in [0.3, 0.4) is 0 Å². The summed E-state index contributed by atoms with van der Waals surface area (Å²) in [5, 5.41) is 2.15. The first-order valence-corrected chi connectivity index (χ1v) is 14.6. The summed E-state index contributed by atoms with van der Waals surface area (Å²) in [5.41, 5.74) is 13.2. The molecule has 0 saturated carbocycles. The number of para-hydroxylation sites is 2. The molecule has 0 fully saturated rings. The number of benzene rings is 2. The molecule has 0 bridgehead atoms. The van der Waals surface area contributed by atoms with E-state index in [-0.39, 0.29) is 5.41 Å². The van der Waals surface area contributed by atoms with Crippen molar-refractivity contribution < 1.29 is 9.13 Å². The predicted octanol–water partition coefficient (Wildman–Crippen LogP) is 7.95. The third-order valence-corrected chi connectivity index (χ3v) is 9.19. The molecule has 1 aliphatic carbocycles. The van der Waals surface area contributed by atoms with Gasteiger partial charge in [-0.15, -0.1) is 11.3 Å². The largest absolute Gasteiger partial charge is 0.256 e. The number of hydrogen-bond acceptors (Lipinski definition) is 2. The molecule has 0 saturated heterocycles. The monoisotopic (exact) mass is 537 g/mol. The summed E-state index contributed by atoms with van der Waals surface area (Å²) in [6.45, 7) is 9.01. The summed E-state index contributed by atoms with van der Waals surface area (Å²) in [4.78, 5) is 6.24. The molecule has 1 aliphatic rings. The summed E-state index contributed by atoms with van der Waals surface area (Å²) in [6, 6.07) is 30.4. The maximum atomic E-state index is 4.98. The van der Waals surface area contributed by atoms with Crippen LogP contribution in [-0.4, -0.2) is 4.98 Å². The molecule has 2 aromatic carbocycles. The highest BCUT2D eigenvalue weighted by Crippen LogP contribution is 2.49. The van der Waals surface area contributed by atoms with Crippen LogP contribution in [0.4, 0.5) is 0 Å². The van der Waals surface area contributed by atoms with Gasteiger partial charge in [-0.25, -0.2) is 0 Å². The molecule has 194 valence electrons. The molecule has 40 heavy (non-hydrogen) atoms. The minimum absolute atomic E-state index is 0.156. The molecule has 4 heterocycles. The zero-order chi connectivity index (χ0) is 27.4. The van der Waals surface area contributed by atoms with Crippen molar-refractivity contribution in [3.05, 3.63) is 137 Å². The first-order valence-electron chi connectivity index (χ1n) is 13.7. The summed E-state index contributed by atoms with van der Waals surface area (Å²) >= 11 is 1.78. The second-order valence-corrected chi connectivity index (χ2v) is 12.1. The molecular formula is C36H31N3S+2. The van der Waals surface area contributed by atoms with E-state index in [0.717, 1.165) is 11.3 Å². The van der Waals surface area contributed by atoms with Gasteiger partial charge in [-0.3, -0.25) is 4.98 Å². The van der Waals surface area contributed by atoms with Crippen LogP contribution in [0.15, 0.2) is 115 Å². The van der Waals surface area contributed by atoms with Crippen molar-refractivity contribution >= 4 is 11.3 Å². The number of nitrogens with zero attached hydrogens (tertiary/aromatic N) is 3. The molecule has 0 atom stereocenters. The minimum Gasteiger partial charge on any atom is -0.256 e. The van der Waals surface area contributed by atoms with E-state index >= 15 is 0 Å². The Morgan fingerprint density at radius 1 is 0.725 bits per heavy atom. The average molecular weight is 538 g/mol. The van der Waals surface area contributed by atoms with E-state index in [1.807, 2.05) is 0 Å². The maximum absolute atomic E-state index is 4.98. The molecule has 0 aliphatic heterocycles. The van der Waals surface area contributed by atoms with Crippen molar-refractivity contribution in [3.8, 4) is 44.3 Å². The van der Waals surface area contributed by atoms with Crippen LogP contribution in [0.1, 0.15) is 36.1 Å². The van der Waals surface area contributed by atoms with Crippen molar-refractivity contribution in [2.24, 2.45) is 0 Å². The normalized spacial score (nSPS) is 13.2. The lowest BCUT2D eigenvalue weighted by Gasteiger charge is -2.21. The van der Waals surface area contributed by atoms with Gasteiger partial charge in [0, 0.05) is 75.3 Å². The SMILES string of the molecule is Cc1ccccc1-[n+]1ccc(-c2cc3c(cn2)-c2cc(-c4cccs4)[n+](-c4ccccc4C)cc2C3(C)C)cc1. The van der Waals surface area contributed by atoms with Crippen molar-refractivity contribution in [2.75, 3.05) is 0 Å². The molecule has 3 nitrogen and oxygen atoms in total. The van der Waals surface area contributed by atoms with Crippen molar-refractivity contribution in [2.45, 2.75) is 33.1 Å². The molecule has 7 rings (SSSR count). The fourth-order valence-corrected chi connectivity index (χ4v) is 6.76. The van der Waals surface area contributed by atoms with Gasteiger partial charge >= 0.3 is 0 Å². The Bertz CT molecular complexity index is 1880.